The molecule has 0 aliphatic heterocycles. The lowest BCUT2D eigenvalue weighted by Gasteiger charge is -2.38. The monoisotopic (exact) mass is 303 g/mol. The molecule has 0 bridgehead atoms. The maximum absolute atomic E-state index is 3.93. The van der Waals surface area contributed by atoms with Gasteiger partial charge >= 0.3 is 0 Å². The van der Waals surface area contributed by atoms with Gasteiger partial charge < -0.3 is 0 Å². The van der Waals surface area contributed by atoms with Crippen LogP contribution in [0.25, 0.3) is 0 Å². The summed E-state index contributed by atoms with van der Waals surface area (Å²) < 4.78 is 0. The van der Waals surface area contributed by atoms with Gasteiger partial charge in [-0.15, -0.1) is 0 Å². The van der Waals surface area contributed by atoms with Crippen LogP contribution in [-0.2, 0) is 0 Å². The van der Waals surface area contributed by atoms with E-state index >= 15 is 0 Å². The largest absolute Gasteiger partial charge is 0.0773 e. The normalized spacial score (nSPS) is 40.7. The van der Waals surface area contributed by atoms with Gasteiger partial charge in [-0.25, -0.2) is 0 Å². The highest BCUT2D eigenvalue weighted by atomic mass is 14.4. The Bertz CT molecular complexity index is 317. The minimum Gasteiger partial charge on any atom is -0.0773 e. The van der Waals surface area contributed by atoms with E-state index in [1.54, 1.807) is 0 Å². The van der Waals surface area contributed by atoms with Crippen molar-refractivity contribution in [2.75, 3.05) is 0 Å². The average Bonchev–Trinajstić information content (AvgIpc) is 2.44. The summed E-state index contributed by atoms with van der Waals surface area (Å²) in [4.78, 5) is 0. The third-order valence-electron chi connectivity index (χ3n) is 6.62. The molecular formula is C22H39. The predicted octanol–water partition coefficient (Wildman–Crippen LogP) is 6.76. The molecular weight excluding hydrogens is 264 g/mol. The molecule has 2 aliphatic rings. The van der Waals surface area contributed by atoms with E-state index in [0.717, 1.165) is 41.4 Å². The molecule has 0 N–H and O–H groups in total. The van der Waals surface area contributed by atoms with Crippen LogP contribution in [0.4, 0.5) is 0 Å². The van der Waals surface area contributed by atoms with Crippen LogP contribution < -0.4 is 0 Å². The molecule has 1 radical (unpaired) electrons. The van der Waals surface area contributed by atoms with Gasteiger partial charge in [-0.3, -0.25) is 0 Å². The molecule has 0 amide bonds. The SMILES string of the molecule is CC1CCC(C(C)C)C(/[C]=C/C2CC(C)CCC2C(C)C)C1. The lowest BCUT2D eigenvalue weighted by Crippen LogP contribution is -2.28. The maximum Gasteiger partial charge on any atom is -0.0129 e. The summed E-state index contributed by atoms with van der Waals surface area (Å²) >= 11 is 0. The maximum atomic E-state index is 3.93. The van der Waals surface area contributed by atoms with Gasteiger partial charge in [-0.05, 0) is 79.1 Å². The number of hydrogen-bond donors (Lipinski definition) is 0. The lowest BCUT2D eigenvalue weighted by atomic mass is 9.67. The van der Waals surface area contributed by atoms with Crippen molar-refractivity contribution >= 4 is 0 Å². The fourth-order valence-corrected chi connectivity index (χ4v) is 5.11. The Morgan fingerprint density at radius 2 is 1.32 bits per heavy atom. The fourth-order valence-electron chi connectivity index (χ4n) is 5.11. The third kappa shape index (κ3) is 4.62. The van der Waals surface area contributed by atoms with Crippen LogP contribution in [-0.4, -0.2) is 0 Å². The Kier molecular flexibility index (Phi) is 6.59. The molecule has 0 aromatic carbocycles. The molecule has 0 saturated heterocycles. The highest BCUT2D eigenvalue weighted by molar-refractivity contribution is 4.97. The van der Waals surface area contributed by atoms with Crippen LogP contribution >= 0.6 is 0 Å². The molecule has 6 unspecified atom stereocenters. The zero-order valence-corrected chi connectivity index (χ0v) is 15.9. The van der Waals surface area contributed by atoms with E-state index in [4.69, 9.17) is 0 Å². The number of allylic oxidation sites excluding steroid dienone is 2. The molecule has 6 atom stereocenters. The van der Waals surface area contributed by atoms with Gasteiger partial charge in [-0.2, -0.15) is 0 Å². The molecule has 0 aromatic rings. The van der Waals surface area contributed by atoms with Crippen LogP contribution in [0, 0.1) is 53.4 Å². The Morgan fingerprint density at radius 1 is 0.773 bits per heavy atom. The summed E-state index contributed by atoms with van der Waals surface area (Å²) in [6, 6.07) is 0. The Labute approximate surface area is 140 Å². The van der Waals surface area contributed by atoms with E-state index in [0.29, 0.717) is 5.92 Å². The quantitative estimate of drug-likeness (QED) is 0.538. The van der Waals surface area contributed by atoms with Crippen LogP contribution in [0.1, 0.15) is 80.1 Å². The summed E-state index contributed by atoms with van der Waals surface area (Å²) in [7, 11) is 0. The zero-order chi connectivity index (χ0) is 16.3. The summed E-state index contributed by atoms with van der Waals surface area (Å²) in [6.45, 7) is 14.5. The van der Waals surface area contributed by atoms with E-state index in [1.807, 2.05) is 0 Å². The van der Waals surface area contributed by atoms with Crippen molar-refractivity contribution in [2.45, 2.75) is 80.1 Å². The molecule has 2 saturated carbocycles. The smallest absolute Gasteiger partial charge is 0.0129 e. The van der Waals surface area contributed by atoms with Crippen molar-refractivity contribution < 1.29 is 0 Å². The van der Waals surface area contributed by atoms with E-state index < -0.39 is 0 Å². The molecule has 0 heterocycles. The summed E-state index contributed by atoms with van der Waals surface area (Å²) in [6.07, 6.45) is 14.9. The first-order chi connectivity index (χ1) is 10.4. The van der Waals surface area contributed by atoms with E-state index in [9.17, 15) is 0 Å². The summed E-state index contributed by atoms with van der Waals surface area (Å²) in [5.74, 6) is 6.69. The molecule has 22 heavy (non-hydrogen) atoms. The van der Waals surface area contributed by atoms with Crippen LogP contribution in [0.15, 0.2) is 6.08 Å². The minimum atomic E-state index is 0.716. The molecule has 0 spiro atoms. The highest BCUT2D eigenvalue weighted by Crippen LogP contribution is 2.41. The molecule has 2 fully saturated rings. The Balaban J connectivity index is 2.05. The van der Waals surface area contributed by atoms with Crippen LogP contribution in [0.3, 0.4) is 0 Å². The molecule has 127 valence electrons. The first kappa shape index (κ1) is 18.1. The van der Waals surface area contributed by atoms with Gasteiger partial charge in [0, 0.05) is 0 Å². The van der Waals surface area contributed by atoms with E-state index in [2.05, 4.69) is 53.7 Å². The lowest BCUT2D eigenvalue weighted by molar-refractivity contribution is 0.163. The van der Waals surface area contributed by atoms with Gasteiger partial charge in [0.1, 0.15) is 0 Å². The van der Waals surface area contributed by atoms with Crippen molar-refractivity contribution in [3.05, 3.63) is 12.2 Å². The van der Waals surface area contributed by atoms with Crippen LogP contribution in [0.2, 0.25) is 0 Å². The second-order valence-corrected chi connectivity index (χ2v) is 9.26. The Hall–Kier alpha value is -0.260. The van der Waals surface area contributed by atoms with Crippen molar-refractivity contribution in [3.63, 3.8) is 0 Å². The summed E-state index contributed by atoms with van der Waals surface area (Å²) in [5, 5.41) is 0. The van der Waals surface area contributed by atoms with Crippen molar-refractivity contribution in [3.8, 4) is 0 Å². The fraction of sp³-hybridized carbons (Fsp3) is 0.909. The molecule has 0 nitrogen and oxygen atoms in total. The molecule has 0 heteroatoms. The average molecular weight is 304 g/mol. The van der Waals surface area contributed by atoms with Gasteiger partial charge in [0.15, 0.2) is 0 Å². The molecule has 2 aliphatic carbocycles. The van der Waals surface area contributed by atoms with Crippen molar-refractivity contribution in [1.29, 1.82) is 0 Å². The second kappa shape index (κ2) is 8.02. The van der Waals surface area contributed by atoms with Gasteiger partial charge in [-0.1, -0.05) is 60.5 Å². The Morgan fingerprint density at radius 3 is 1.91 bits per heavy atom. The first-order valence-corrected chi connectivity index (χ1v) is 9.97. The first-order valence-electron chi connectivity index (χ1n) is 9.97. The number of rotatable bonds is 4. The zero-order valence-electron chi connectivity index (χ0n) is 15.9. The molecule has 0 aromatic heterocycles. The topological polar surface area (TPSA) is 0 Å². The van der Waals surface area contributed by atoms with E-state index in [1.165, 1.54) is 38.5 Å². The van der Waals surface area contributed by atoms with Crippen LogP contribution in [0.5, 0.6) is 0 Å². The molecule has 2 rings (SSSR count). The minimum absolute atomic E-state index is 0.716. The highest BCUT2D eigenvalue weighted by Gasteiger charge is 2.32. The van der Waals surface area contributed by atoms with E-state index in [-0.39, 0.29) is 0 Å². The van der Waals surface area contributed by atoms with Gasteiger partial charge in [0.2, 0.25) is 0 Å². The van der Waals surface area contributed by atoms with Gasteiger partial charge in [0.25, 0.3) is 0 Å². The van der Waals surface area contributed by atoms with Crippen molar-refractivity contribution in [2.24, 2.45) is 47.3 Å². The standard InChI is InChI=1S/C22H39/c1-15(2)21-11-7-17(5)13-19(21)9-10-20-14-18(6)8-12-22(20)16(3)4/h9,15-22H,7-8,11-14H2,1-6H3. The van der Waals surface area contributed by atoms with Gasteiger partial charge in [0.05, 0.1) is 0 Å². The predicted molar refractivity (Wildman–Crippen MR) is 97.5 cm³/mol. The summed E-state index contributed by atoms with van der Waals surface area (Å²) in [5.41, 5.74) is 0. The van der Waals surface area contributed by atoms with Crippen molar-refractivity contribution in [1.82, 2.24) is 0 Å². The second-order valence-electron chi connectivity index (χ2n) is 9.26. The third-order valence-corrected chi connectivity index (χ3v) is 6.62. The number of hydrogen-bond acceptors (Lipinski definition) is 0.